The van der Waals surface area contributed by atoms with Gasteiger partial charge in [-0.2, -0.15) is 10.2 Å². The lowest BCUT2D eigenvalue weighted by molar-refractivity contribution is 0.631. The maximum Gasteiger partial charge on any atom is 0.167 e. The third-order valence-electron chi connectivity index (χ3n) is 3.43. The highest BCUT2D eigenvalue weighted by molar-refractivity contribution is 7.18. The summed E-state index contributed by atoms with van der Waals surface area (Å²) < 4.78 is 16.0. The Morgan fingerprint density at radius 3 is 2.78 bits per heavy atom. The molecule has 0 saturated heterocycles. The Hall–Kier alpha value is -2.87. The first-order chi connectivity index (χ1) is 11.2. The molecule has 23 heavy (non-hydrogen) atoms. The molecule has 0 amide bonds. The third kappa shape index (κ3) is 2.33. The quantitative estimate of drug-likeness (QED) is 0.628. The van der Waals surface area contributed by atoms with Crippen molar-refractivity contribution in [2.75, 3.05) is 0 Å². The van der Waals surface area contributed by atoms with Gasteiger partial charge in [0.25, 0.3) is 0 Å². The number of thiazole rings is 1. The van der Waals surface area contributed by atoms with E-state index in [2.05, 4.69) is 25.3 Å². The van der Waals surface area contributed by atoms with Crippen LogP contribution in [0.2, 0.25) is 0 Å². The van der Waals surface area contributed by atoms with Gasteiger partial charge in [0.15, 0.2) is 5.82 Å². The first-order valence-electron chi connectivity index (χ1n) is 6.84. The predicted octanol–water partition coefficient (Wildman–Crippen LogP) is 3.13. The van der Waals surface area contributed by atoms with E-state index in [1.807, 2.05) is 13.1 Å². The zero-order valence-corrected chi connectivity index (χ0v) is 12.9. The number of nitrogens with zero attached hydrogens (tertiary/aromatic N) is 5. The van der Waals surface area contributed by atoms with E-state index in [9.17, 15) is 4.39 Å². The number of nitrogens with one attached hydrogen (secondary N) is 1. The van der Waals surface area contributed by atoms with Crippen molar-refractivity contribution in [1.82, 2.24) is 29.9 Å². The van der Waals surface area contributed by atoms with Crippen molar-refractivity contribution in [3.8, 4) is 32.7 Å². The van der Waals surface area contributed by atoms with Crippen molar-refractivity contribution in [1.29, 1.82) is 0 Å². The summed E-state index contributed by atoms with van der Waals surface area (Å²) in [6.07, 6.45) is 3.12. The number of H-pyrrole nitrogens is 1. The van der Waals surface area contributed by atoms with E-state index < -0.39 is 0 Å². The molecule has 1 N–H and O–H groups in total. The predicted molar refractivity (Wildman–Crippen MR) is 85.1 cm³/mol. The standard InChI is InChI=1S/C15H11FN6S/c1-22-11(6-7-19-22)15-20-12(9-4-2-3-5-10(9)16)13(23-15)14-17-8-18-21-14/h2-8H,1H3,(H,17,18,21). The summed E-state index contributed by atoms with van der Waals surface area (Å²) in [5.74, 6) is 0.240. The average molecular weight is 326 g/mol. The fourth-order valence-electron chi connectivity index (χ4n) is 2.32. The van der Waals surface area contributed by atoms with Gasteiger partial charge in [0.05, 0.1) is 16.3 Å². The number of hydrogen-bond donors (Lipinski definition) is 1. The Morgan fingerprint density at radius 1 is 1.22 bits per heavy atom. The molecular formula is C15H11FN6S. The molecule has 0 radical (unpaired) electrons. The summed E-state index contributed by atoms with van der Waals surface area (Å²) in [5, 5.41) is 11.6. The maximum atomic E-state index is 14.2. The van der Waals surface area contributed by atoms with E-state index in [0.29, 0.717) is 17.1 Å². The lowest BCUT2D eigenvalue weighted by Gasteiger charge is -2.01. The van der Waals surface area contributed by atoms with Crippen LogP contribution in [-0.4, -0.2) is 29.9 Å². The molecule has 1 aromatic carbocycles. The molecule has 0 aliphatic heterocycles. The summed E-state index contributed by atoms with van der Waals surface area (Å²) in [6.45, 7) is 0. The number of rotatable bonds is 3. The van der Waals surface area contributed by atoms with Gasteiger partial charge in [0, 0.05) is 18.8 Å². The number of aromatic nitrogens is 6. The summed E-state index contributed by atoms with van der Waals surface area (Å²) >= 11 is 1.42. The molecule has 6 nitrogen and oxygen atoms in total. The molecule has 0 unspecified atom stereocenters. The Bertz CT molecular complexity index is 956. The SMILES string of the molecule is Cn1nccc1-c1nc(-c2ccccc2F)c(-c2ncn[nH]2)s1. The van der Waals surface area contributed by atoms with Crippen molar-refractivity contribution in [3.05, 3.63) is 48.7 Å². The van der Waals surface area contributed by atoms with Gasteiger partial charge >= 0.3 is 0 Å². The van der Waals surface area contributed by atoms with Crippen LogP contribution in [0.15, 0.2) is 42.9 Å². The van der Waals surface area contributed by atoms with Crippen LogP contribution in [0.3, 0.4) is 0 Å². The van der Waals surface area contributed by atoms with Crippen LogP contribution in [-0.2, 0) is 7.05 Å². The summed E-state index contributed by atoms with van der Waals surface area (Å²) in [7, 11) is 1.84. The van der Waals surface area contributed by atoms with Crippen LogP contribution in [0.25, 0.3) is 32.7 Å². The fourth-order valence-corrected chi connectivity index (χ4v) is 3.41. The van der Waals surface area contributed by atoms with Gasteiger partial charge in [0.1, 0.15) is 17.2 Å². The second kappa shape index (κ2) is 5.40. The minimum absolute atomic E-state index is 0.324. The van der Waals surface area contributed by atoms with Crippen LogP contribution in [0.1, 0.15) is 0 Å². The van der Waals surface area contributed by atoms with Crippen LogP contribution < -0.4 is 0 Å². The average Bonchev–Trinajstić information content (AvgIpc) is 3.26. The van der Waals surface area contributed by atoms with E-state index in [1.54, 1.807) is 29.1 Å². The molecule has 0 fully saturated rings. The van der Waals surface area contributed by atoms with Gasteiger partial charge in [-0.1, -0.05) is 12.1 Å². The monoisotopic (exact) mass is 326 g/mol. The molecule has 3 aromatic heterocycles. The lowest BCUT2D eigenvalue weighted by Crippen LogP contribution is -1.93. The van der Waals surface area contributed by atoms with E-state index in [4.69, 9.17) is 0 Å². The van der Waals surface area contributed by atoms with Crippen molar-refractivity contribution >= 4 is 11.3 Å². The van der Waals surface area contributed by atoms with E-state index in [1.165, 1.54) is 23.7 Å². The normalized spacial score (nSPS) is 11.0. The van der Waals surface area contributed by atoms with Crippen LogP contribution >= 0.6 is 11.3 Å². The number of aromatic amines is 1. The molecule has 0 aliphatic rings. The van der Waals surface area contributed by atoms with E-state index in [0.717, 1.165) is 15.6 Å². The molecule has 4 aromatic rings. The van der Waals surface area contributed by atoms with Crippen molar-refractivity contribution in [2.24, 2.45) is 7.05 Å². The van der Waals surface area contributed by atoms with E-state index in [-0.39, 0.29) is 5.82 Å². The fraction of sp³-hybridized carbons (Fsp3) is 0.0667. The second-order valence-electron chi connectivity index (χ2n) is 4.85. The smallest absolute Gasteiger partial charge is 0.167 e. The Labute approximate surface area is 134 Å². The molecule has 8 heteroatoms. The Balaban J connectivity index is 1.96. The van der Waals surface area contributed by atoms with Gasteiger partial charge < -0.3 is 0 Å². The summed E-state index contributed by atoms with van der Waals surface area (Å²) in [6, 6.07) is 8.43. The zero-order valence-electron chi connectivity index (χ0n) is 12.1. The van der Waals surface area contributed by atoms with Crippen molar-refractivity contribution in [2.45, 2.75) is 0 Å². The maximum absolute atomic E-state index is 14.2. The van der Waals surface area contributed by atoms with Gasteiger partial charge in [-0.05, 0) is 18.2 Å². The minimum Gasteiger partial charge on any atom is -0.266 e. The third-order valence-corrected chi connectivity index (χ3v) is 4.51. The second-order valence-corrected chi connectivity index (χ2v) is 5.85. The zero-order chi connectivity index (χ0) is 15.8. The highest BCUT2D eigenvalue weighted by atomic mass is 32.1. The molecular weight excluding hydrogens is 315 g/mol. The first kappa shape index (κ1) is 13.8. The minimum atomic E-state index is -0.324. The number of halogens is 1. The number of benzene rings is 1. The first-order valence-corrected chi connectivity index (χ1v) is 7.65. The van der Waals surface area contributed by atoms with Gasteiger partial charge in [-0.3, -0.25) is 9.78 Å². The van der Waals surface area contributed by atoms with Gasteiger partial charge in [-0.25, -0.2) is 14.4 Å². The highest BCUT2D eigenvalue weighted by Crippen LogP contribution is 2.39. The van der Waals surface area contributed by atoms with E-state index >= 15 is 0 Å². The molecule has 3 heterocycles. The van der Waals surface area contributed by atoms with Crippen LogP contribution in [0.5, 0.6) is 0 Å². The molecule has 0 atom stereocenters. The Morgan fingerprint density at radius 2 is 2.09 bits per heavy atom. The highest BCUT2D eigenvalue weighted by Gasteiger charge is 2.21. The molecule has 114 valence electrons. The molecule has 4 rings (SSSR count). The largest absolute Gasteiger partial charge is 0.266 e. The topological polar surface area (TPSA) is 72.3 Å². The number of aryl methyl sites for hydroxylation is 1. The van der Waals surface area contributed by atoms with Crippen molar-refractivity contribution < 1.29 is 4.39 Å². The molecule has 0 saturated carbocycles. The van der Waals surface area contributed by atoms with Crippen LogP contribution in [0, 0.1) is 5.82 Å². The Kier molecular flexibility index (Phi) is 3.23. The van der Waals surface area contributed by atoms with Crippen molar-refractivity contribution in [3.63, 3.8) is 0 Å². The van der Waals surface area contributed by atoms with Gasteiger partial charge in [0.2, 0.25) is 0 Å². The van der Waals surface area contributed by atoms with Crippen LogP contribution in [0.4, 0.5) is 4.39 Å². The number of hydrogen-bond acceptors (Lipinski definition) is 5. The van der Waals surface area contributed by atoms with Gasteiger partial charge in [-0.15, -0.1) is 11.3 Å². The summed E-state index contributed by atoms with van der Waals surface area (Å²) in [5.41, 5.74) is 1.84. The lowest BCUT2D eigenvalue weighted by atomic mass is 10.1. The molecule has 0 spiro atoms. The molecule has 0 bridgehead atoms. The summed E-state index contributed by atoms with van der Waals surface area (Å²) in [4.78, 5) is 9.55. The molecule has 0 aliphatic carbocycles.